The van der Waals surface area contributed by atoms with Crippen LogP contribution in [-0.4, -0.2) is 41.1 Å². The van der Waals surface area contributed by atoms with Crippen LogP contribution in [0.25, 0.3) is 0 Å². The van der Waals surface area contributed by atoms with Crippen LogP contribution >= 0.6 is 0 Å². The van der Waals surface area contributed by atoms with Crippen molar-refractivity contribution in [3.05, 3.63) is 30.2 Å². The molecule has 0 aliphatic carbocycles. The highest BCUT2D eigenvalue weighted by Gasteiger charge is 2.20. The van der Waals surface area contributed by atoms with Crippen LogP contribution in [0.3, 0.4) is 0 Å². The molecular formula is C15H21N7. The summed E-state index contributed by atoms with van der Waals surface area (Å²) in [4.78, 5) is 17.0. The van der Waals surface area contributed by atoms with Gasteiger partial charge in [-0.2, -0.15) is 4.98 Å². The predicted octanol–water partition coefficient (Wildman–Crippen LogP) is 0.925. The minimum atomic E-state index is 0.210. The zero-order valence-electron chi connectivity index (χ0n) is 12.7. The van der Waals surface area contributed by atoms with Crippen molar-refractivity contribution in [2.45, 2.75) is 13.3 Å². The molecule has 0 atom stereocenters. The quantitative estimate of drug-likeness (QED) is 0.870. The van der Waals surface area contributed by atoms with E-state index in [4.69, 9.17) is 11.5 Å². The van der Waals surface area contributed by atoms with E-state index in [1.54, 1.807) is 6.20 Å². The van der Waals surface area contributed by atoms with Gasteiger partial charge in [-0.25, -0.2) is 4.98 Å². The maximum absolute atomic E-state index is 5.93. The first-order chi connectivity index (χ1) is 10.7. The number of pyridine rings is 1. The van der Waals surface area contributed by atoms with E-state index in [0.717, 1.165) is 44.0 Å². The molecule has 0 bridgehead atoms. The lowest BCUT2D eigenvalue weighted by Gasteiger charge is -2.37. The number of aromatic nitrogens is 3. The molecule has 2 aromatic rings. The van der Waals surface area contributed by atoms with Crippen LogP contribution in [0.1, 0.15) is 12.6 Å². The summed E-state index contributed by atoms with van der Waals surface area (Å²) in [7, 11) is 0. The Bertz CT molecular complexity index is 633. The zero-order valence-corrected chi connectivity index (χ0v) is 12.7. The summed E-state index contributed by atoms with van der Waals surface area (Å²) >= 11 is 0. The average molecular weight is 299 g/mol. The van der Waals surface area contributed by atoms with Crippen LogP contribution in [0.5, 0.6) is 0 Å². The molecule has 0 saturated carbocycles. The Morgan fingerprint density at radius 3 is 2.32 bits per heavy atom. The van der Waals surface area contributed by atoms with Gasteiger partial charge >= 0.3 is 0 Å². The summed E-state index contributed by atoms with van der Waals surface area (Å²) in [5.74, 6) is 0.650. The molecule has 0 radical (unpaired) electrons. The van der Waals surface area contributed by atoms with Gasteiger partial charge in [-0.3, -0.25) is 4.98 Å². The van der Waals surface area contributed by atoms with Gasteiger partial charge in [0.15, 0.2) is 5.82 Å². The topological polar surface area (TPSA) is 97.2 Å². The molecule has 3 rings (SSSR count). The number of anilines is 4. The highest BCUT2D eigenvalue weighted by molar-refractivity contribution is 5.64. The van der Waals surface area contributed by atoms with Gasteiger partial charge in [0.25, 0.3) is 0 Å². The zero-order chi connectivity index (χ0) is 15.5. The summed E-state index contributed by atoms with van der Waals surface area (Å²) in [6.45, 7) is 5.67. The van der Waals surface area contributed by atoms with Crippen LogP contribution in [-0.2, 0) is 6.42 Å². The average Bonchev–Trinajstić information content (AvgIpc) is 2.55. The fraction of sp³-hybridized carbons (Fsp3) is 0.400. The van der Waals surface area contributed by atoms with Crippen molar-refractivity contribution in [2.75, 3.05) is 47.4 Å². The van der Waals surface area contributed by atoms with Gasteiger partial charge < -0.3 is 21.3 Å². The monoisotopic (exact) mass is 299 g/mol. The van der Waals surface area contributed by atoms with Crippen molar-refractivity contribution in [1.82, 2.24) is 15.0 Å². The van der Waals surface area contributed by atoms with Crippen LogP contribution in [0.2, 0.25) is 0 Å². The Balaban J connectivity index is 1.66. The highest BCUT2D eigenvalue weighted by atomic mass is 15.3. The number of nitrogen functional groups attached to an aromatic ring is 2. The SMILES string of the molecule is CCc1ccc(N2CCN(c3cnc(N)nc3N)CC2)cn1. The molecule has 7 heteroatoms. The van der Waals surface area contributed by atoms with Gasteiger partial charge in [-0.05, 0) is 18.6 Å². The molecule has 0 unspecified atom stereocenters. The fourth-order valence-corrected chi connectivity index (χ4v) is 2.67. The number of hydrogen-bond acceptors (Lipinski definition) is 7. The summed E-state index contributed by atoms with van der Waals surface area (Å²) in [6.07, 6.45) is 4.62. The maximum Gasteiger partial charge on any atom is 0.222 e. The molecule has 0 amide bonds. The Morgan fingerprint density at radius 1 is 1.00 bits per heavy atom. The Labute approximate surface area is 130 Å². The van der Waals surface area contributed by atoms with Crippen molar-refractivity contribution in [3.8, 4) is 0 Å². The number of nitrogens with zero attached hydrogens (tertiary/aromatic N) is 5. The molecule has 1 aliphatic heterocycles. The first-order valence-corrected chi connectivity index (χ1v) is 7.50. The van der Waals surface area contributed by atoms with Crippen LogP contribution in [0.15, 0.2) is 24.5 Å². The standard InChI is InChI=1S/C15H21N7/c1-2-11-3-4-12(9-18-11)21-5-7-22(8-6-21)13-10-19-15(17)20-14(13)16/h3-4,9-10H,2,5-8H2,1H3,(H4,16,17,19,20). The van der Waals surface area contributed by atoms with E-state index in [1.807, 2.05) is 6.20 Å². The number of hydrogen-bond donors (Lipinski definition) is 2. The number of piperazine rings is 1. The van der Waals surface area contributed by atoms with Gasteiger partial charge in [0.2, 0.25) is 5.95 Å². The van der Waals surface area contributed by atoms with Crippen molar-refractivity contribution in [2.24, 2.45) is 0 Å². The molecule has 3 heterocycles. The van der Waals surface area contributed by atoms with Gasteiger partial charge in [-0.15, -0.1) is 0 Å². The number of aryl methyl sites for hydroxylation is 1. The summed E-state index contributed by atoms with van der Waals surface area (Å²) in [6, 6.07) is 4.23. The Morgan fingerprint density at radius 2 is 1.73 bits per heavy atom. The van der Waals surface area contributed by atoms with Crippen molar-refractivity contribution < 1.29 is 0 Å². The van der Waals surface area contributed by atoms with Gasteiger partial charge in [0.05, 0.1) is 23.8 Å². The van der Waals surface area contributed by atoms with E-state index in [9.17, 15) is 0 Å². The van der Waals surface area contributed by atoms with Crippen LogP contribution in [0, 0.1) is 0 Å². The van der Waals surface area contributed by atoms with E-state index in [0.29, 0.717) is 5.82 Å². The molecule has 22 heavy (non-hydrogen) atoms. The minimum Gasteiger partial charge on any atom is -0.382 e. The number of rotatable bonds is 3. The van der Waals surface area contributed by atoms with E-state index < -0.39 is 0 Å². The Kier molecular flexibility index (Phi) is 3.95. The lowest BCUT2D eigenvalue weighted by molar-refractivity contribution is 0.651. The van der Waals surface area contributed by atoms with Crippen molar-refractivity contribution >= 4 is 23.1 Å². The molecule has 0 aromatic carbocycles. The maximum atomic E-state index is 5.93. The third-order valence-corrected chi connectivity index (χ3v) is 3.97. The molecule has 1 fully saturated rings. The third kappa shape index (κ3) is 2.88. The van der Waals surface area contributed by atoms with Crippen LogP contribution < -0.4 is 21.3 Å². The highest BCUT2D eigenvalue weighted by Crippen LogP contribution is 2.23. The largest absolute Gasteiger partial charge is 0.382 e. The van der Waals surface area contributed by atoms with Gasteiger partial charge in [0, 0.05) is 31.9 Å². The second-order valence-corrected chi connectivity index (χ2v) is 5.33. The summed E-state index contributed by atoms with van der Waals surface area (Å²) in [5, 5.41) is 0. The smallest absolute Gasteiger partial charge is 0.222 e. The lowest BCUT2D eigenvalue weighted by Crippen LogP contribution is -2.46. The normalized spacial score (nSPS) is 15.1. The Hall–Kier alpha value is -2.57. The fourth-order valence-electron chi connectivity index (χ4n) is 2.67. The summed E-state index contributed by atoms with van der Waals surface area (Å²) < 4.78 is 0. The van der Waals surface area contributed by atoms with E-state index in [1.165, 1.54) is 5.69 Å². The minimum absolute atomic E-state index is 0.210. The van der Waals surface area contributed by atoms with Gasteiger partial charge in [-0.1, -0.05) is 6.92 Å². The second-order valence-electron chi connectivity index (χ2n) is 5.33. The predicted molar refractivity (Wildman–Crippen MR) is 88.9 cm³/mol. The summed E-state index contributed by atoms with van der Waals surface area (Å²) in [5.41, 5.74) is 14.6. The molecule has 116 valence electrons. The lowest BCUT2D eigenvalue weighted by atomic mass is 10.2. The first-order valence-electron chi connectivity index (χ1n) is 7.50. The first kappa shape index (κ1) is 14.4. The molecule has 2 aromatic heterocycles. The van der Waals surface area contributed by atoms with E-state index in [-0.39, 0.29) is 5.95 Å². The molecule has 0 spiro atoms. The molecule has 1 saturated heterocycles. The van der Waals surface area contributed by atoms with E-state index in [2.05, 4.69) is 43.8 Å². The number of nitrogens with two attached hydrogens (primary N) is 2. The van der Waals surface area contributed by atoms with Crippen LogP contribution in [0.4, 0.5) is 23.1 Å². The molecule has 4 N–H and O–H groups in total. The third-order valence-electron chi connectivity index (χ3n) is 3.97. The van der Waals surface area contributed by atoms with E-state index >= 15 is 0 Å². The van der Waals surface area contributed by atoms with Crippen molar-refractivity contribution in [1.29, 1.82) is 0 Å². The molecule has 7 nitrogen and oxygen atoms in total. The molecular weight excluding hydrogens is 278 g/mol. The second kappa shape index (κ2) is 6.05. The molecule has 1 aliphatic rings. The van der Waals surface area contributed by atoms with Gasteiger partial charge in [0.1, 0.15) is 0 Å². The van der Waals surface area contributed by atoms with Crippen molar-refractivity contribution in [3.63, 3.8) is 0 Å².